The third-order valence-corrected chi connectivity index (χ3v) is 4.26. The predicted molar refractivity (Wildman–Crippen MR) is 99.6 cm³/mol. The number of carbonyl (C=O) groups is 1. The van der Waals surface area contributed by atoms with E-state index in [4.69, 9.17) is 27.5 Å². The van der Waals surface area contributed by atoms with Gasteiger partial charge in [0.1, 0.15) is 29.3 Å². The number of halogens is 1. The number of aromatic nitrogens is 2. The van der Waals surface area contributed by atoms with Crippen LogP contribution in [0.4, 0.5) is 11.6 Å². The fraction of sp³-hybridized carbons (Fsp3) is 0.294. The van der Waals surface area contributed by atoms with Crippen LogP contribution in [-0.2, 0) is 4.79 Å². The standard InChI is InChI=1S/C17H19ClN6O2/c18-11-2-1-3-12(7-11)26-16(20)14-15(19)23-9-24-17(14)22-8-10-4-5-21-13(25)6-10/h1-3,7,9-10,20H,4-6,8H2,(H,21,25)(H3,19,22,23,24). The zero-order valence-electron chi connectivity index (χ0n) is 14.0. The monoisotopic (exact) mass is 374 g/mol. The highest BCUT2D eigenvalue weighted by Crippen LogP contribution is 2.23. The molecule has 2 heterocycles. The van der Waals surface area contributed by atoms with Gasteiger partial charge in [-0.1, -0.05) is 17.7 Å². The molecule has 1 unspecified atom stereocenters. The first kappa shape index (κ1) is 17.9. The lowest BCUT2D eigenvalue weighted by molar-refractivity contribution is -0.123. The van der Waals surface area contributed by atoms with E-state index in [0.717, 1.165) is 6.42 Å². The summed E-state index contributed by atoms with van der Waals surface area (Å²) in [6, 6.07) is 6.73. The summed E-state index contributed by atoms with van der Waals surface area (Å²) in [5.41, 5.74) is 6.21. The average Bonchev–Trinajstić information content (AvgIpc) is 2.60. The summed E-state index contributed by atoms with van der Waals surface area (Å²) >= 11 is 5.94. The van der Waals surface area contributed by atoms with E-state index in [9.17, 15) is 4.79 Å². The normalized spacial score (nSPS) is 16.7. The maximum atomic E-state index is 11.5. The fourth-order valence-electron chi connectivity index (χ4n) is 2.72. The van der Waals surface area contributed by atoms with Crippen LogP contribution in [0.3, 0.4) is 0 Å². The van der Waals surface area contributed by atoms with Gasteiger partial charge in [0.25, 0.3) is 0 Å². The third kappa shape index (κ3) is 4.40. The molecule has 0 spiro atoms. The molecule has 1 atom stereocenters. The molecule has 1 fully saturated rings. The summed E-state index contributed by atoms with van der Waals surface area (Å²) < 4.78 is 5.55. The number of piperidine rings is 1. The number of nitrogens with two attached hydrogens (primary N) is 1. The lowest BCUT2D eigenvalue weighted by atomic mass is 9.97. The maximum absolute atomic E-state index is 11.5. The number of anilines is 2. The summed E-state index contributed by atoms with van der Waals surface area (Å²) in [4.78, 5) is 19.6. The first-order chi connectivity index (χ1) is 12.5. The molecule has 0 aliphatic carbocycles. The van der Waals surface area contributed by atoms with Crippen LogP contribution in [0.5, 0.6) is 5.75 Å². The molecule has 1 amide bonds. The molecule has 8 nitrogen and oxygen atoms in total. The van der Waals surface area contributed by atoms with E-state index in [1.807, 2.05) is 0 Å². The maximum Gasteiger partial charge on any atom is 0.226 e. The minimum Gasteiger partial charge on any atom is -0.439 e. The van der Waals surface area contributed by atoms with E-state index < -0.39 is 0 Å². The molecule has 1 aliphatic rings. The molecule has 3 rings (SSSR count). The summed E-state index contributed by atoms with van der Waals surface area (Å²) in [5.74, 6) is 1.000. The van der Waals surface area contributed by atoms with E-state index in [2.05, 4.69) is 20.6 Å². The van der Waals surface area contributed by atoms with Crippen LogP contribution in [0.1, 0.15) is 18.4 Å². The van der Waals surface area contributed by atoms with Gasteiger partial charge in [-0.25, -0.2) is 9.97 Å². The van der Waals surface area contributed by atoms with Gasteiger partial charge >= 0.3 is 0 Å². The molecule has 1 aromatic carbocycles. The van der Waals surface area contributed by atoms with E-state index >= 15 is 0 Å². The Morgan fingerprint density at radius 3 is 3.08 bits per heavy atom. The summed E-state index contributed by atoms with van der Waals surface area (Å²) in [5, 5.41) is 14.7. The number of ether oxygens (including phenoxy) is 1. The topological polar surface area (TPSA) is 126 Å². The Hall–Kier alpha value is -2.87. The second kappa shape index (κ2) is 8.01. The average molecular weight is 375 g/mol. The highest BCUT2D eigenvalue weighted by Gasteiger charge is 2.21. The Balaban J connectivity index is 1.74. The van der Waals surface area contributed by atoms with Gasteiger partial charge < -0.3 is 21.1 Å². The minimum atomic E-state index is -0.186. The van der Waals surface area contributed by atoms with Crippen LogP contribution in [0.15, 0.2) is 30.6 Å². The first-order valence-electron chi connectivity index (χ1n) is 8.16. The molecule has 0 bridgehead atoms. The molecule has 9 heteroatoms. The quantitative estimate of drug-likeness (QED) is 0.468. The lowest BCUT2D eigenvalue weighted by Gasteiger charge is -2.23. The smallest absolute Gasteiger partial charge is 0.226 e. The zero-order valence-corrected chi connectivity index (χ0v) is 14.7. The molecule has 2 aromatic rings. The molecule has 0 radical (unpaired) electrons. The lowest BCUT2D eigenvalue weighted by Crippen LogP contribution is -2.36. The van der Waals surface area contributed by atoms with Crippen molar-refractivity contribution in [3.8, 4) is 5.75 Å². The molecule has 5 N–H and O–H groups in total. The van der Waals surface area contributed by atoms with Crippen molar-refractivity contribution in [1.82, 2.24) is 15.3 Å². The predicted octanol–water partition coefficient (Wildman–Crippen LogP) is 2.05. The van der Waals surface area contributed by atoms with Crippen LogP contribution >= 0.6 is 11.6 Å². The van der Waals surface area contributed by atoms with Crippen molar-refractivity contribution in [2.24, 2.45) is 5.92 Å². The molecule has 0 saturated carbocycles. The van der Waals surface area contributed by atoms with Gasteiger partial charge in [0, 0.05) is 24.5 Å². The second-order valence-electron chi connectivity index (χ2n) is 5.96. The van der Waals surface area contributed by atoms with E-state index in [-0.39, 0.29) is 29.1 Å². The van der Waals surface area contributed by atoms with Crippen LogP contribution in [0.25, 0.3) is 0 Å². The number of benzene rings is 1. The number of hydrogen-bond donors (Lipinski definition) is 4. The number of hydrogen-bond acceptors (Lipinski definition) is 7. The summed E-state index contributed by atoms with van der Waals surface area (Å²) in [7, 11) is 0. The number of nitrogens with zero attached hydrogens (tertiary/aromatic N) is 2. The van der Waals surface area contributed by atoms with Gasteiger partial charge in [-0.2, -0.15) is 0 Å². The number of carbonyl (C=O) groups excluding carboxylic acids is 1. The molecule has 1 saturated heterocycles. The van der Waals surface area contributed by atoms with Crippen LogP contribution in [-0.4, -0.2) is 34.9 Å². The van der Waals surface area contributed by atoms with Crippen LogP contribution < -0.4 is 21.1 Å². The van der Waals surface area contributed by atoms with Gasteiger partial charge in [0.15, 0.2) is 0 Å². The summed E-state index contributed by atoms with van der Waals surface area (Å²) in [6.45, 7) is 1.21. The highest BCUT2D eigenvalue weighted by molar-refractivity contribution is 6.30. The molecule has 1 aromatic heterocycles. The van der Waals surface area contributed by atoms with Crippen molar-refractivity contribution in [2.75, 3.05) is 24.1 Å². The third-order valence-electron chi connectivity index (χ3n) is 4.03. The van der Waals surface area contributed by atoms with Crippen LogP contribution in [0.2, 0.25) is 5.02 Å². The number of amides is 1. The molecule has 26 heavy (non-hydrogen) atoms. The zero-order chi connectivity index (χ0) is 18.5. The molecular weight excluding hydrogens is 356 g/mol. The van der Waals surface area contributed by atoms with Crippen molar-refractivity contribution in [3.63, 3.8) is 0 Å². The number of rotatable bonds is 5. The van der Waals surface area contributed by atoms with Gasteiger partial charge in [-0.3, -0.25) is 10.2 Å². The number of nitrogens with one attached hydrogen (secondary N) is 3. The highest BCUT2D eigenvalue weighted by atomic mass is 35.5. The first-order valence-corrected chi connectivity index (χ1v) is 8.54. The summed E-state index contributed by atoms with van der Waals surface area (Å²) in [6.07, 6.45) is 2.66. The van der Waals surface area contributed by atoms with Crippen molar-refractivity contribution in [3.05, 3.63) is 41.2 Å². The number of nitrogen functional groups attached to an aromatic ring is 1. The van der Waals surface area contributed by atoms with E-state index in [0.29, 0.717) is 36.1 Å². The minimum absolute atomic E-state index is 0.0440. The van der Waals surface area contributed by atoms with Gasteiger partial charge in [-0.15, -0.1) is 0 Å². The Morgan fingerprint density at radius 2 is 2.31 bits per heavy atom. The molecule has 1 aliphatic heterocycles. The fourth-order valence-corrected chi connectivity index (χ4v) is 2.90. The van der Waals surface area contributed by atoms with Crippen molar-refractivity contribution in [1.29, 1.82) is 5.41 Å². The van der Waals surface area contributed by atoms with E-state index in [1.54, 1.807) is 24.3 Å². The Labute approximate surface area is 155 Å². The molecular formula is C17H19ClN6O2. The van der Waals surface area contributed by atoms with Crippen LogP contribution in [0, 0.1) is 11.3 Å². The van der Waals surface area contributed by atoms with Crippen molar-refractivity contribution >= 4 is 35.0 Å². The second-order valence-corrected chi connectivity index (χ2v) is 6.40. The van der Waals surface area contributed by atoms with Crippen molar-refractivity contribution in [2.45, 2.75) is 12.8 Å². The van der Waals surface area contributed by atoms with Crippen molar-refractivity contribution < 1.29 is 9.53 Å². The molecule has 136 valence electrons. The van der Waals surface area contributed by atoms with E-state index in [1.165, 1.54) is 6.33 Å². The Bertz CT molecular complexity index is 829. The largest absolute Gasteiger partial charge is 0.439 e. The van der Waals surface area contributed by atoms with Gasteiger partial charge in [-0.05, 0) is 30.5 Å². The van der Waals surface area contributed by atoms with Gasteiger partial charge in [0.05, 0.1) is 0 Å². The SMILES string of the molecule is N=C(Oc1cccc(Cl)c1)c1c(N)ncnc1NCC1CCNC(=O)C1. The Kier molecular flexibility index (Phi) is 5.52. The van der Waals surface area contributed by atoms with Gasteiger partial charge in [0.2, 0.25) is 11.8 Å². The Morgan fingerprint density at radius 1 is 1.46 bits per heavy atom.